The van der Waals surface area contributed by atoms with Crippen molar-refractivity contribution in [1.29, 1.82) is 0 Å². The highest BCUT2D eigenvalue weighted by Crippen LogP contribution is 2.22. The largest absolute Gasteiger partial charge is 0.490 e. The molecule has 1 fully saturated rings. The molecule has 1 heterocycles. The average molecular weight is 296 g/mol. The first-order chi connectivity index (χ1) is 10.1. The minimum Gasteiger partial charge on any atom is -0.490 e. The summed E-state index contributed by atoms with van der Waals surface area (Å²) in [6.07, 6.45) is 0.229. The van der Waals surface area contributed by atoms with Gasteiger partial charge in [-0.3, -0.25) is 0 Å². The fourth-order valence-corrected chi connectivity index (χ4v) is 2.13. The number of alkyl carbamates (subject to hydrolysis) is 1. The first-order valence-corrected chi connectivity index (χ1v) is 7.20. The van der Waals surface area contributed by atoms with E-state index in [2.05, 4.69) is 17.6 Å². The topological polar surface area (TPSA) is 59.6 Å². The van der Waals surface area contributed by atoms with Crippen molar-refractivity contribution in [3.8, 4) is 5.75 Å². The molecule has 116 valence electrons. The van der Waals surface area contributed by atoms with E-state index < -0.39 is 6.09 Å². The van der Waals surface area contributed by atoms with Crippen LogP contribution in [0.15, 0.2) is 18.2 Å². The number of nitrogens with one attached hydrogen (secondary N) is 2. The van der Waals surface area contributed by atoms with Gasteiger partial charge in [0.2, 0.25) is 0 Å². The zero-order valence-electron chi connectivity index (χ0n) is 12.3. The van der Waals surface area contributed by atoms with Gasteiger partial charge in [-0.1, -0.05) is 13.0 Å². The second-order valence-corrected chi connectivity index (χ2v) is 5.08. The number of hydrogen-bond acceptors (Lipinski definition) is 4. The summed E-state index contributed by atoms with van der Waals surface area (Å²) in [5.41, 5.74) is 0.616. The molecule has 2 atom stereocenters. The molecule has 2 N–H and O–H groups in total. The summed E-state index contributed by atoms with van der Waals surface area (Å²) < 4.78 is 24.5. The number of cyclic esters (lactones) is 1. The van der Waals surface area contributed by atoms with Crippen LogP contribution < -0.4 is 15.4 Å². The molecule has 2 unspecified atom stereocenters. The highest BCUT2D eigenvalue weighted by Gasteiger charge is 2.23. The molecule has 21 heavy (non-hydrogen) atoms. The van der Waals surface area contributed by atoms with Gasteiger partial charge in [-0.2, -0.15) is 0 Å². The van der Waals surface area contributed by atoms with E-state index in [1.165, 1.54) is 6.07 Å². The lowest BCUT2D eigenvalue weighted by atomic mass is 10.1. The Labute approximate surface area is 123 Å². The number of benzene rings is 1. The van der Waals surface area contributed by atoms with Gasteiger partial charge in [0.05, 0.1) is 6.54 Å². The zero-order chi connectivity index (χ0) is 15.2. The first kappa shape index (κ1) is 15.6. The lowest BCUT2D eigenvalue weighted by Gasteiger charge is -2.16. The predicted molar refractivity (Wildman–Crippen MR) is 76.9 cm³/mol. The second kappa shape index (κ2) is 7.26. The third-order valence-corrected chi connectivity index (χ3v) is 3.32. The number of carbonyl (C=O) groups excluding carboxylic acids is 1. The first-order valence-electron chi connectivity index (χ1n) is 7.20. The molecule has 1 aliphatic rings. The highest BCUT2D eigenvalue weighted by molar-refractivity contribution is 5.69. The van der Waals surface area contributed by atoms with E-state index in [0.717, 1.165) is 13.0 Å². The summed E-state index contributed by atoms with van der Waals surface area (Å²) in [4.78, 5) is 10.9. The number of rotatable bonds is 7. The number of hydrogen-bond donors (Lipinski definition) is 2. The molecule has 5 nitrogen and oxygen atoms in total. The summed E-state index contributed by atoms with van der Waals surface area (Å²) in [5.74, 6) is 0.132. The number of carbonyl (C=O) groups is 1. The monoisotopic (exact) mass is 296 g/mol. The summed E-state index contributed by atoms with van der Waals surface area (Å²) in [6, 6.07) is 4.77. The van der Waals surface area contributed by atoms with Gasteiger partial charge in [0.25, 0.3) is 0 Å². The SMILES string of the molecule is CCCNC(C)c1ccc(OCC2CNC(=O)O2)cc1F. The van der Waals surface area contributed by atoms with Crippen molar-refractivity contribution in [1.82, 2.24) is 10.6 Å². The molecule has 0 aliphatic carbocycles. The van der Waals surface area contributed by atoms with Crippen molar-refractivity contribution in [3.05, 3.63) is 29.6 Å². The van der Waals surface area contributed by atoms with Crippen LogP contribution in [0.25, 0.3) is 0 Å². The summed E-state index contributed by atoms with van der Waals surface area (Å²) >= 11 is 0. The van der Waals surface area contributed by atoms with Crippen molar-refractivity contribution in [2.24, 2.45) is 0 Å². The maximum atomic E-state index is 14.1. The van der Waals surface area contributed by atoms with Gasteiger partial charge in [0.15, 0.2) is 6.10 Å². The second-order valence-electron chi connectivity index (χ2n) is 5.08. The number of amides is 1. The third kappa shape index (κ3) is 4.32. The van der Waals surface area contributed by atoms with Crippen LogP contribution in [0.3, 0.4) is 0 Å². The Hall–Kier alpha value is -1.82. The molecule has 0 saturated carbocycles. The lowest BCUT2D eigenvalue weighted by Crippen LogP contribution is -2.22. The quantitative estimate of drug-likeness (QED) is 0.811. The van der Waals surface area contributed by atoms with Crippen molar-refractivity contribution in [2.75, 3.05) is 19.7 Å². The predicted octanol–water partition coefficient (Wildman–Crippen LogP) is 2.37. The minimum absolute atomic E-state index is 0.0426. The summed E-state index contributed by atoms with van der Waals surface area (Å²) in [5, 5.41) is 5.78. The Morgan fingerprint density at radius 3 is 3.00 bits per heavy atom. The van der Waals surface area contributed by atoms with E-state index in [9.17, 15) is 9.18 Å². The lowest BCUT2D eigenvalue weighted by molar-refractivity contribution is 0.104. The Morgan fingerprint density at radius 1 is 1.57 bits per heavy atom. The molecule has 0 radical (unpaired) electrons. The molecule has 2 rings (SSSR count). The van der Waals surface area contributed by atoms with Gasteiger partial charge >= 0.3 is 6.09 Å². The van der Waals surface area contributed by atoms with Crippen molar-refractivity contribution in [3.63, 3.8) is 0 Å². The van der Waals surface area contributed by atoms with Crippen molar-refractivity contribution < 1.29 is 18.7 Å². The highest BCUT2D eigenvalue weighted by atomic mass is 19.1. The van der Waals surface area contributed by atoms with E-state index >= 15 is 0 Å². The van der Waals surface area contributed by atoms with Crippen LogP contribution in [-0.4, -0.2) is 31.9 Å². The molecule has 1 amide bonds. The Balaban J connectivity index is 1.90. The van der Waals surface area contributed by atoms with E-state index in [4.69, 9.17) is 9.47 Å². The fourth-order valence-electron chi connectivity index (χ4n) is 2.13. The molecule has 6 heteroatoms. The third-order valence-electron chi connectivity index (χ3n) is 3.32. The Kier molecular flexibility index (Phi) is 5.38. The maximum Gasteiger partial charge on any atom is 0.407 e. The van der Waals surface area contributed by atoms with Crippen LogP contribution in [0, 0.1) is 5.82 Å². The smallest absolute Gasteiger partial charge is 0.407 e. The maximum absolute atomic E-state index is 14.1. The van der Waals surface area contributed by atoms with Crippen LogP contribution in [0.4, 0.5) is 9.18 Å². The molecular weight excluding hydrogens is 275 g/mol. The Bertz CT molecular complexity index is 496. The van der Waals surface area contributed by atoms with Gasteiger partial charge in [0.1, 0.15) is 18.2 Å². The van der Waals surface area contributed by atoms with Gasteiger partial charge < -0.3 is 20.1 Å². The van der Waals surface area contributed by atoms with Gasteiger partial charge in [0, 0.05) is 17.7 Å². The van der Waals surface area contributed by atoms with E-state index in [0.29, 0.717) is 17.9 Å². The van der Waals surface area contributed by atoms with E-state index in [-0.39, 0.29) is 24.6 Å². The van der Waals surface area contributed by atoms with Gasteiger partial charge in [-0.15, -0.1) is 0 Å². The number of halogens is 1. The summed E-state index contributed by atoms with van der Waals surface area (Å²) in [6.45, 7) is 5.47. The number of ether oxygens (including phenoxy) is 2. The van der Waals surface area contributed by atoms with Gasteiger partial charge in [-0.25, -0.2) is 9.18 Å². The normalized spacial score (nSPS) is 19.0. The molecule has 0 bridgehead atoms. The Morgan fingerprint density at radius 2 is 2.38 bits per heavy atom. The zero-order valence-corrected chi connectivity index (χ0v) is 12.3. The molecule has 0 spiro atoms. The molecule has 1 aromatic carbocycles. The van der Waals surface area contributed by atoms with Crippen molar-refractivity contribution >= 4 is 6.09 Å². The van der Waals surface area contributed by atoms with Crippen LogP contribution in [0.1, 0.15) is 31.9 Å². The van der Waals surface area contributed by atoms with E-state index in [1.807, 2.05) is 6.92 Å². The van der Waals surface area contributed by atoms with E-state index in [1.54, 1.807) is 12.1 Å². The average Bonchev–Trinajstić information content (AvgIpc) is 2.88. The van der Waals surface area contributed by atoms with Crippen molar-refractivity contribution in [2.45, 2.75) is 32.4 Å². The molecule has 1 aromatic rings. The van der Waals surface area contributed by atoms with Gasteiger partial charge in [-0.05, 0) is 26.0 Å². The van der Waals surface area contributed by atoms with Crippen LogP contribution >= 0.6 is 0 Å². The molecule has 0 aromatic heterocycles. The molecule has 1 saturated heterocycles. The fraction of sp³-hybridized carbons (Fsp3) is 0.533. The minimum atomic E-state index is -0.444. The molecular formula is C15H21FN2O3. The summed E-state index contributed by atoms with van der Waals surface area (Å²) in [7, 11) is 0. The van der Waals surface area contributed by atoms with Crippen LogP contribution in [0.2, 0.25) is 0 Å². The van der Waals surface area contributed by atoms with Crippen LogP contribution in [0.5, 0.6) is 5.75 Å². The standard InChI is InChI=1S/C15H21FN2O3/c1-3-6-17-10(2)13-5-4-11(7-14(13)16)20-9-12-8-18-15(19)21-12/h4-5,7,10,12,17H,3,6,8-9H2,1-2H3,(H,18,19). The van der Waals surface area contributed by atoms with Crippen LogP contribution in [-0.2, 0) is 4.74 Å². The molecule has 1 aliphatic heterocycles.